The number of carbonyl (C=O) groups excluding carboxylic acids is 1. The Hall–Kier alpha value is -4.34. The van der Waals surface area contributed by atoms with Crippen molar-refractivity contribution in [1.29, 1.82) is 0 Å². The van der Waals surface area contributed by atoms with E-state index in [0.29, 0.717) is 36.1 Å². The van der Waals surface area contributed by atoms with Crippen molar-refractivity contribution < 1.29 is 29.3 Å². The summed E-state index contributed by atoms with van der Waals surface area (Å²) in [5, 5.41) is 21.9. The summed E-state index contributed by atoms with van der Waals surface area (Å²) < 4.78 is 11.4. The minimum absolute atomic E-state index is 0.0853. The Morgan fingerprint density at radius 2 is 2.08 bits per heavy atom. The van der Waals surface area contributed by atoms with Crippen LogP contribution in [-0.4, -0.2) is 57.4 Å². The van der Waals surface area contributed by atoms with E-state index in [1.807, 2.05) is 12.2 Å². The molecule has 0 bridgehead atoms. The highest BCUT2D eigenvalue weighted by molar-refractivity contribution is 5.91. The number of ether oxygens (including phenoxy) is 2. The molecule has 4 rings (SSSR count). The van der Waals surface area contributed by atoms with Gasteiger partial charge in [-0.15, -0.1) is 0 Å². The Balaban J connectivity index is 1.32. The second-order valence-electron chi connectivity index (χ2n) is 8.82. The maximum atomic E-state index is 12.6. The van der Waals surface area contributed by atoms with Gasteiger partial charge in [-0.2, -0.15) is 0 Å². The average Bonchev–Trinajstić information content (AvgIpc) is 2.89. The number of aliphatic hydroxyl groups is 1. The Bertz CT molecular complexity index is 1190. The van der Waals surface area contributed by atoms with Gasteiger partial charge in [-0.25, -0.2) is 9.78 Å². The topological polar surface area (TPSA) is 134 Å². The molecule has 1 fully saturated rings. The van der Waals surface area contributed by atoms with Gasteiger partial charge in [0, 0.05) is 13.0 Å². The highest BCUT2D eigenvalue weighted by atomic mass is 16.5. The maximum Gasteiger partial charge on any atom is 0.349 e. The smallest absolute Gasteiger partial charge is 0.349 e. The van der Waals surface area contributed by atoms with Crippen LogP contribution >= 0.6 is 0 Å². The number of amides is 1. The monoisotopic (exact) mass is 506 g/mol. The number of allylic oxidation sites excluding steroid dienone is 3. The summed E-state index contributed by atoms with van der Waals surface area (Å²) in [6.45, 7) is 4.83. The zero-order chi connectivity index (χ0) is 26.2. The van der Waals surface area contributed by atoms with Gasteiger partial charge < -0.3 is 29.9 Å². The van der Waals surface area contributed by atoms with Gasteiger partial charge >= 0.3 is 5.97 Å². The van der Waals surface area contributed by atoms with E-state index in [1.54, 1.807) is 30.5 Å². The van der Waals surface area contributed by atoms with Crippen molar-refractivity contribution in [2.45, 2.75) is 44.3 Å². The lowest BCUT2D eigenvalue weighted by atomic mass is 10.1. The number of carbonyl (C=O) groups is 2. The Morgan fingerprint density at radius 3 is 2.81 bits per heavy atom. The minimum Gasteiger partial charge on any atom is -0.508 e. The highest BCUT2D eigenvalue weighted by Crippen LogP contribution is 2.25. The third-order valence-electron chi connectivity index (χ3n) is 6.00. The van der Waals surface area contributed by atoms with Crippen molar-refractivity contribution >= 4 is 23.5 Å². The fourth-order valence-electron chi connectivity index (χ4n) is 4.13. The lowest BCUT2D eigenvalue weighted by Crippen LogP contribution is -2.40. The normalized spacial score (nSPS) is 18.2. The maximum absolute atomic E-state index is 12.6. The third-order valence-corrected chi connectivity index (χ3v) is 6.00. The summed E-state index contributed by atoms with van der Waals surface area (Å²) in [5.41, 5.74) is 0.727. The van der Waals surface area contributed by atoms with E-state index in [1.165, 1.54) is 12.3 Å². The number of aliphatic carboxylic acids is 1. The SMILES string of the molecule is C=CC(Oc1ccc(CC(=O)Nc2cncc(N3CCCC(OC4=C(O)CCC=C4)C3)n2)cc1)C(=O)O. The van der Waals surface area contributed by atoms with Crippen molar-refractivity contribution in [2.75, 3.05) is 23.3 Å². The van der Waals surface area contributed by atoms with Crippen molar-refractivity contribution in [1.82, 2.24) is 9.97 Å². The Labute approximate surface area is 214 Å². The fraction of sp³-hybridized carbons (Fsp3) is 0.333. The molecule has 194 valence electrons. The van der Waals surface area contributed by atoms with Crippen LogP contribution in [0.15, 0.2) is 73.0 Å². The molecule has 2 unspecified atom stereocenters. The fourth-order valence-corrected chi connectivity index (χ4v) is 4.13. The predicted molar refractivity (Wildman–Crippen MR) is 137 cm³/mol. The number of piperidine rings is 1. The molecule has 1 aliphatic heterocycles. The quantitative estimate of drug-likeness (QED) is 0.412. The van der Waals surface area contributed by atoms with Crippen molar-refractivity contribution in [3.8, 4) is 5.75 Å². The van der Waals surface area contributed by atoms with Gasteiger partial charge in [-0.3, -0.25) is 9.78 Å². The van der Waals surface area contributed by atoms with E-state index in [2.05, 4.69) is 26.8 Å². The summed E-state index contributed by atoms with van der Waals surface area (Å²) in [7, 11) is 0. The number of nitrogens with one attached hydrogen (secondary N) is 1. The van der Waals surface area contributed by atoms with Crippen LogP contribution in [0.25, 0.3) is 0 Å². The van der Waals surface area contributed by atoms with Crippen LogP contribution in [-0.2, 0) is 20.7 Å². The Morgan fingerprint density at radius 1 is 1.27 bits per heavy atom. The van der Waals surface area contributed by atoms with Crippen molar-refractivity contribution in [3.63, 3.8) is 0 Å². The van der Waals surface area contributed by atoms with E-state index in [4.69, 9.17) is 14.6 Å². The number of aromatic nitrogens is 2. The van der Waals surface area contributed by atoms with Gasteiger partial charge in [0.25, 0.3) is 0 Å². The van der Waals surface area contributed by atoms with E-state index >= 15 is 0 Å². The molecular formula is C27H30N4O6. The largest absolute Gasteiger partial charge is 0.508 e. The minimum atomic E-state index is -1.14. The first-order valence-electron chi connectivity index (χ1n) is 12.1. The number of carboxylic acid groups (broad SMARTS) is 1. The van der Waals surface area contributed by atoms with Crippen LogP contribution in [0.4, 0.5) is 11.6 Å². The molecule has 10 nitrogen and oxygen atoms in total. The number of rotatable bonds is 10. The number of anilines is 2. The first-order valence-corrected chi connectivity index (χ1v) is 12.1. The molecule has 37 heavy (non-hydrogen) atoms. The molecule has 1 saturated heterocycles. The second kappa shape index (κ2) is 12.1. The molecule has 2 aliphatic rings. The number of benzene rings is 1. The number of carboxylic acids is 1. The lowest BCUT2D eigenvalue weighted by Gasteiger charge is -2.34. The van der Waals surface area contributed by atoms with E-state index in [-0.39, 0.29) is 24.2 Å². The van der Waals surface area contributed by atoms with Crippen LogP contribution in [0.1, 0.15) is 31.2 Å². The van der Waals surface area contributed by atoms with Gasteiger partial charge in [0.1, 0.15) is 23.4 Å². The second-order valence-corrected chi connectivity index (χ2v) is 8.82. The van der Waals surface area contributed by atoms with Crippen LogP contribution in [0, 0.1) is 0 Å². The zero-order valence-electron chi connectivity index (χ0n) is 20.4. The molecule has 2 atom stereocenters. The molecule has 2 aromatic rings. The number of hydrogen-bond donors (Lipinski definition) is 3. The molecular weight excluding hydrogens is 476 g/mol. The van der Waals surface area contributed by atoms with Crippen LogP contribution in [0.5, 0.6) is 5.75 Å². The van der Waals surface area contributed by atoms with Gasteiger partial charge in [0.05, 0.1) is 25.4 Å². The van der Waals surface area contributed by atoms with Crippen molar-refractivity contribution in [3.05, 3.63) is 78.5 Å². The summed E-state index contributed by atoms with van der Waals surface area (Å²) in [4.78, 5) is 34.5. The number of aliphatic hydroxyl groups excluding tert-OH is 1. The molecule has 1 aromatic carbocycles. The van der Waals surface area contributed by atoms with Crippen LogP contribution in [0.3, 0.4) is 0 Å². The molecule has 0 saturated carbocycles. The van der Waals surface area contributed by atoms with Gasteiger partial charge in [0.2, 0.25) is 12.0 Å². The van der Waals surface area contributed by atoms with E-state index in [0.717, 1.165) is 31.4 Å². The summed E-state index contributed by atoms with van der Waals surface area (Å²) in [5.74, 6) is 0.773. The summed E-state index contributed by atoms with van der Waals surface area (Å²) >= 11 is 0. The lowest BCUT2D eigenvalue weighted by molar-refractivity contribution is -0.142. The molecule has 3 N–H and O–H groups in total. The number of nitrogens with zero attached hydrogens (tertiary/aromatic N) is 3. The standard InChI is InChI=1S/C27H30N4O6/c1-2-22(27(34)35)36-19-11-9-18(10-12-19)14-26(33)30-24-15-28-16-25(29-24)31-13-5-6-20(17-31)37-23-8-4-3-7-21(23)32/h2,4,8-12,15-16,20,22,32H,1,3,5-7,13-14,17H2,(H,34,35)(H,29,30,33). The molecule has 1 amide bonds. The van der Waals surface area contributed by atoms with E-state index < -0.39 is 12.1 Å². The van der Waals surface area contributed by atoms with E-state index in [9.17, 15) is 14.7 Å². The highest BCUT2D eigenvalue weighted by Gasteiger charge is 2.24. The zero-order valence-corrected chi connectivity index (χ0v) is 20.4. The molecule has 0 spiro atoms. The Kier molecular flexibility index (Phi) is 8.40. The summed E-state index contributed by atoms with van der Waals surface area (Å²) in [6.07, 6.45) is 10.2. The molecule has 2 heterocycles. The van der Waals surface area contributed by atoms with Crippen LogP contribution < -0.4 is 15.0 Å². The third kappa shape index (κ3) is 7.09. The van der Waals surface area contributed by atoms with Gasteiger partial charge in [0.15, 0.2) is 11.6 Å². The number of hydrogen-bond acceptors (Lipinski definition) is 8. The van der Waals surface area contributed by atoms with Crippen LogP contribution in [0.2, 0.25) is 0 Å². The first-order chi connectivity index (χ1) is 17.9. The molecule has 1 aliphatic carbocycles. The molecule has 10 heteroatoms. The van der Waals surface area contributed by atoms with Crippen molar-refractivity contribution in [2.24, 2.45) is 0 Å². The van der Waals surface area contributed by atoms with Gasteiger partial charge in [-0.05, 0) is 49.1 Å². The molecule has 1 aromatic heterocycles. The first kappa shape index (κ1) is 25.7. The van der Waals surface area contributed by atoms with Gasteiger partial charge in [-0.1, -0.05) is 24.8 Å². The molecule has 0 radical (unpaired) electrons. The average molecular weight is 507 g/mol. The predicted octanol–water partition coefficient (Wildman–Crippen LogP) is 3.78. The summed E-state index contributed by atoms with van der Waals surface area (Å²) in [6, 6.07) is 6.61.